The number of aromatic nitrogens is 3. The maximum atomic E-state index is 12.2. The number of hydrogen-bond donors (Lipinski definition) is 1. The van der Waals surface area contributed by atoms with E-state index in [1.54, 1.807) is 0 Å². The van der Waals surface area contributed by atoms with Crippen molar-refractivity contribution >= 4 is 11.9 Å². The van der Waals surface area contributed by atoms with Crippen molar-refractivity contribution in [1.29, 1.82) is 0 Å². The summed E-state index contributed by atoms with van der Waals surface area (Å²) in [4.78, 5) is 22.7. The molecule has 2 aromatic rings. The molecular formula is C16H21N5O3. The predicted octanol–water partition coefficient (Wildman–Crippen LogP) is 1.18. The van der Waals surface area contributed by atoms with Crippen molar-refractivity contribution in [2.45, 2.75) is 26.3 Å². The first-order valence-electron chi connectivity index (χ1n) is 8.13. The average molecular weight is 331 g/mol. The zero-order chi connectivity index (χ0) is 16.8. The quantitative estimate of drug-likeness (QED) is 0.849. The summed E-state index contributed by atoms with van der Waals surface area (Å²) in [5.74, 6) is 1.02. The van der Waals surface area contributed by atoms with Crippen molar-refractivity contribution in [2.75, 3.05) is 31.2 Å². The van der Waals surface area contributed by atoms with Gasteiger partial charge >= 0.3 is 0 Å². The highest BCUT2D eigenvalue weighted by molar-refractivity contribution is 5.93. The van der Waals surface area contributed by atoms with Gasteiger partial charge in [-0.15, -0.1) is 0 Å². The third-order valence-corrected chi connectivity index (χ3v) is 3.73. The van der Waals surface area contributed by atoms with Crippen LogP contribution >= 0.6 is 0 Å². The van der Waals surface area contributed by atoms with Gasteiger partial charge in [-0.3, -0.25) is 4.79 Å². The number of nitrogens with zero attached hydrogens (tertiary/aromatic N) is 4. The lowest BCUT2D eigenvalue weighted by Gasteiger charge is -2.26. The van der Waals surface area contributed by atoms with Gasteiger partial charge in [0.1, 0.15) is 0 Å². The van der Waals surface area contributed by atoms with Crippen molar-refractivity contribution in [3.05, 3.63) is 35.5 Å². The summed E-state index contributed by atoms with van der Waals surface area (Å²) in [6.07, 6.45) is 4.95. The lowest BCUT2D eigenvalue weighted by molar-refractivity contribution is 0.0946. The van der Waals surface area contributed by atoms with Crippen molar-refractivity contribution in [1.82, 2.24) is 20.4 Å². The predicted molar refractivity (Wildman–Crippen MR) is 86.7 cm³/mol. The third-order valence-electron chi connectivity index (χ3n) is 3.73. The van der Waals surface area contributed by atoms with Gasteiger partial charge in [-0.1, -0.05) is 18.5 Å². The molecule has 1 saturated heterocycles. The van der Waals surface area contributed by atoms with Gasteiger partial charge in [-0.05, 0) is 6.42 Å². The first-order valence-corrected chi connectivity index (χ1v) is 8.13. The Morgan fingerprint density at radius 3 is 2.75 bits per heavy atom. The van der Waals surface area contributed by atoms with Gasteiger partial charge in [-0.25, -0.2) is 9.97 Å². The topological polar surface area (TPSA) is 93.4 Å². The largest absolute Gasteiger partial charge is 0.378 e. The van der Waals surface area contributed by atoms with Crippen LogP contribution in [0.4, 0.5) is 5.95 Å². The van der Waals surface area contributed by atoms with E-state index in [0.29, 0.717) is 37.0 Å². The number of rotatable bonds is 6. The van der Waals surface area contributed by atoms with Crippen LogP contribution in [0.1, 0.15) is 35.2 Å². The Balaban J connectivity index is 1.54. The molecule has 0 aliphatic carbocycles. The molecule has 8 nitrogen and oxygen atoms in total. The fourth-order valence-corrected chi connectivity index (χ4v) is 2.45. The Kier molecular flexibility index (Phi) is 5.37. The fraction of sp³-hybridized carbons (Fsp3) is 0.500. The van der Waals surface area contributed by atoms with Crippen LogP contribution in [0.2, 0.25) is 0 Å². The molecule has 0 unspecified atom stereocenters. The Labute approximate surface area is 140 Å². The molecule has 1 aliphatic heterocycles. The molecule has 2 aromatic heterocycles. The second kappa shape index (κ2) is 7.87. The van der Waals surface area contributed by atoms with E-state index >= 15 is 0 Å². The minimum atomic E-state index is -0.239. The van der Waals surface area contributed by atoms with Crippen LogP contribution in [0.5, 0.6) is 0 Å². The average Bonchev–Trinajstić information content (AvgIpc) is 3.08. The number of carbonyl (C=O) groups is 1. The summed E-state index contributed by atoms with van der Waals surface area (Å²) in [6.45, 7) is 5.23. The van der Waals surface area contributed by atoms with Crippen LogP contribution in [0.3, 0.4) is 0 Å². The van der Waals surface area contributed by atoms with Crippen molar-refractivity contribution < 1.29 is 14.1 Å². The molecule has 24 heavy (non-hydrogen) atoms. The Bertz CT molecular complexity index is 665. The van der Waals surface area contributed by atoms with Crippen LogP contribution in [0, 0.1) is 0 Å². The Morgan fingerprint density at radius 1 is 1.29 bits per heavy atom. The van der Waals surface area contributed by atoms with Crippen molar-refractivity contribution in [3.63, 3.8) is 0 Å². The van der Waals surface area contributed by atoms with E-state index in [9.17, 15) is 4.79 Å². The second-order valence-electron chi connectivity index (χ2n) is 5.59. The normalized spacial score (nSPS) is 14.6. The van der Waals surface area contributed by atoms with Gasteiger partial charge in [0.25, 0.3) is 5.91 Å². The van der Waals surface area contributed by atoms with Gasteiger partial charge in [0, 0.05) is 31.5 Å². The van der Waals surface area contributed by atoms with E-state index in [2.05, 4.69) is 27.4 Å². The SMILES string of the molecule is CCCc1cc(CNC(=O)c2cnc(N3CCOCC3)nc2)on1. The molecule has 0 saturated carbocycles. The molecule has 1 N–H and O–H groups in total. The first-order chi connectivity index (χ1) is 11.8. The van der Waals surface area contributed by atoms with Crippen LogP contribution < -0.4 is 10.2 Å². The third kappa shape index (κ3) is 4.08. The molecule has 128 valence electrons. The monoisotopic (exact) mass is 331 g/mol. The van der Waals surface area contributed by atoms with Crippen LogP contribution in [-0.4, -0.2) is 47.3 Å². The lowest BCUT2D eigenvalue weighted by atomic mass is 10.2. The van der Waals surface area contributed by atoms with E-state index < -0.39 is 0 Å². The number of aryl methyl sites for hydroxylation is 1. The van der Waals surface area contributed by atoms with Gasteiger partial charge in [-0.2, -0.15) is 0 Å². The van der Waals surface area contributed by atoms with E-state index in [-0.39, 0.29) is 5.91 Å². The van der Waals surface area contributed by atoms with E-state index in [0.717, 1.165) is 31.6 Å². The number of hydrogen-bond acceptors (Lipinski definition) is 7. The summed E-state index contributed by atoms with van der Waals surface area (Å²) in [5.41, 5.74) is 1.32. The van der Waals surface area contributed by atoms with Crippen molar-refractivity contribution in [2.24, 2.45) is 0 Å². The number of morpholine rings is 1. The molecule has 3 rings (SSSR count). The Hall–Kier alpha value is -2.48. The van der Waals surface area contributed by atoms with E-state index in [1.165, 1.54) is 12.4 Å². The molecule has 0 radical (unpaired) electrons. The second-order valence-corrected chi connectivity index (χ2v) is 5.59. The highest BCUT2D eigenvalue weighted by Gasteiger charge is 2.15. The molecule has 1 aliphatic rings. The summed E-state index contributed by atoms with van der Waals surface area (Å²) in [6, 6.07) is 1.86. The molecule has 0 atom stereocenters. The maximum absolute atomic E-state index is 12.2. The summed E-state index contributed by atoms with van der Waals surface area (Å²) in [7, 11) is 0. The molecule has 0 aromatic carbocycles. The maximum Gasteiger partial charge on any atom is 0.254 e. The van der Waals surface area contributed by atoms with Gasteiger partial charge in [0.15, 0.2) is 5.76 Å². The summed E-state index contributed by atoms with van der Waals surface area (Å²) in [5, 5.41) is 6.74. The molecule has 3 heterocycles. The minimum Gasteiger partial charge on any atom is -0.378 e. The molecule has 1 amide bonds. The minimum absolute atomic E-state index is 0.239. The van der Waals surface area contributed by atoms with Crippen LogP contribution in [0.15, 0.2) is 23.0 Å². The highest BCUT2D eigenvalue weighted by Crippen LogP contribution is 2.10. The van der Waals surface area contributed by atoms with E-state index in [1.807, 2.05) is 11.0 Å². The number of anilines is 1. The van der Waals surface area contributed by atoms with Crippen LogP contribution in [-0.2, 0) is 17.7 Å². The van der Waals surface area contributed by atoms with Crippen molar-refractivity contribution in [3.8, 4) is 0 Å². The first kappa shape index (κ1) is 16.4. The molecule has 8 heteroatoms. The smallest absolute Gasteiger partial charge is 0.254 e. The summed E-state index contributed by atoms with van der Waals surface area (Å²) >= 11 is 0. The Morgan fingerprint density at radius 2 is 2.04 bits per heavy atom. The number of amides is 1. The lowest BCUT2D eigenvalue weighted by Crippen LogP contribution is -2.37. The number of ether oxygens (including phenoxy) is 1. The van der Waals surface area contributed by atoms with Gasteiger partial charge in [0.2, 0.25) is 5.95 Å². The molecule has 0 spiro atoms. The standard InChI is InChI=1S/C16H21N5O3/c1-2-3-13-8-14(24-20-13)11-17-15(22)12-9-18-16(19-10-12)21-4-6-23-7-5-21/h8-10H,2-7,11H2,1H3,(H,17,22). The van der Waals surface area contributed by atoms with E-state index in [4.69, 9.17) is 9.26 Å². The van der Waals surface area contributed by atoms with Crippen LogP contribution in [0.25, 0.3) is 0 Å². The zero-order valence-electron chi connectivity index (χ0n) is 13.7. The highest BCUT2D eigenvalue weighted by atomic mass is 16.5. The molecule has 0 bridgehead atoms. The zero-order valence-corrected chi connectivity index (χ0v) is 13.7. The number of nitrogens with one attached hydrogen (secondary N) is 1. The summed E-state index contributed by atoms with van der Waals surface area (Å²) < 4.78 is 10.5. The van der Waals surface area contributed by atoms with Gasteiger partial charge < -0.3 is 19.5 Å². The van der Waals surface area contributed by atoms with Gasteiger partial charge in [0.05, 0.1) is 31.0 Å². The fourth-order valence-electron chi connectivity index (χ4n) is 2.45. The molecular weight excluding hydrogens is 310 g/mol. The number of carbonyl (C=O) groups excluding carboxylic acids is 1. The molecule has 1 fully saturated rings.